The van der Waals surface area contributed by atoms with E-state index in [0.717, 1.165) is 12.1 Å². The van der Waals surface area contributed by atoms with Gasteiger partial charge in [-0.3, -0.25) is 9.59 Å². The number of urea groups is 1. The van der Waals surface area contributed by atoms with Crippen LogP contribution in [0, 0.1) is 5.92 Å². The molecule has 3 rings (SSSR count). The van der Waals surface area contributed by atoms with Crippen LogP contribution < -0.4 is 10.9 Å². The third kappa shape index (κ3) is 2.70. The first-order chi connectivity index (χ1) is 10.6. The predicted octanol–water partition coefficient (Wildman–Crippen LogP) is 0.150. The average molecular weight is 305 g/mol. The summed E-state index contributed by atoms with van der Waals surface area (Å²) in [6, 6.07) is 5.04. The Morgan fingerprint density at radius 1 is 1.32 bits per heavy atom. The van der Waals surface area contributed by atoms with Crippen molar-refractivity contribution >= 4 is 12.0 Å². The number of methoxy groups -OCH3 is 1. The van der Waals surface area contributed by atoms with E-state index in [1.54, 1.807) is 17.0 Å². The van der Waals surface area contributed by atoms with E-state index >= 15 is 0 Å². The van der Waals surface area contributed by atoms with Gasteiger partial charge in [0.2, 0.25) is 0 Å². The first kappa shape index (κ1) is 14.6. The van der Waals surface area contributed by atoms with E-state index in [4.69, 9.17) is 0 Å². The number of carbonyl (C=O) groups is 2. The molecule has 0 spiro atoms. The summed E-state index contributed by atoms with van der Waals surface area (Å²) in [5.74, 6) is -0.0250. The van der Waals surface area contributed by atoms with E-state index in [0.29, 0.717) is 19.6 Å². The number of rotatable bonds is 2. The number of piperidine rings is 1. The number of ether oxygens (including phenoxy) is 1. The molecule has 2 aliphatic rings. The normalized spacial score (nSPS) is 22.7. The maximum atomic E-state index is 12.2. The number of fused-ring (bicyclic) bond motifs is 4. The largest absolute Gasteiger partial charge is 0.468 e. The molecule has 7 heteroatoms. The number of aromatic nitrogens is 1. The Bertz CT molecular complexity index is 654. The Hall–Kier alpha value is -2.31. The molecule has 0 aromatic carbocycles. The number of pyridine rings is 1. The quantitative estimate of drug-likeness (QED) is 0.789. The second kappa shape index (κ2) is 5.82. The third-order valence-corrected chi connectivity index (χ3v) is 4.38. The van der Waals surface area contributed by atoms with Gasteiger partial charge in [-0.2, -0.15) is 0 Å². The fourth-order valence-corrected chi connectivity index (χ4v) is 3.39. The molecule has 1 aromatic heterocycles. The third-order valence-electron chi connectivity index (χ3n) is 4.38. The van der Waals surface area contributed by atoms with Crippen molar-refractivity contribution in [2.24, 2.45) is 5.92 Å². The highest BCUT2D eigenvalue weighted by molar-refractivity contribution is 5.80. The summed E-state index contributed by atoms with van der Waals surface area (Å²) in [5, 5.41) is 2.57. The van der Waals surface area contributed by atoms with Crippen LogP contribution in [0.25, 0.3) is 0 Å². The molecule has 1 saturated heterocycles. The average Bonchev–Trinajstić information content (AvgIpc) is 2.53. The molecule has 2 atom stereocenters. The van der Waals surface area contributed by atoms with Gasteiger partial charge in [-0.05, 0) is 18.4 Å². The van der Waals surface area contributed by atoms with Gasteiger partial charge >= 0.3 is 12.0 Å². The summed E-state index contributed by atoms with van der Waals surface area (Å²) in [4.78, 5) is 36.9. The van der Waals surface area contributed by atoms with E-state index in [-0.39, 0.29) is 30.0 Å². The summed E-state index contributed by atoms with van der Waals surface area (Å²) < 4.78 is 6.33. The summed E-state index contributed by atoms with van der Waals surface area (Å²) in [5.41, 5.74) is 1.02. The second-order valence-corrected chi connectivity index (χ2v) is 5.84. The van der Waals surface area contributed by atoms with Crippen LogP contribution in [0.1, 0.15) is 18.0 Å². The van der Waals surface area contributed by atoms with Gasteiger partial charge in [0, 0.05) is 37.3 Å². The minimum absolute atomic E-state index is 0.0239. The molecule has 7 nitrogen and oxygen atoms in total. The van der Waals surface area contributed by atoms with Crippen LogP contribution in [0.5, 0.6) is 0 Å². The van der Waals surface area contributed by atoms with Gasteiger partial charge in [0.15, 0.2) is 0 Å². The highest BCUT2D eigenvalue weighted by Gasteiger charge is 2.36. The zero-order valence-corrected chi connectivity index (χ0v) is 12.4. The standard InChI is InChI=1S/C15H19N3O4/c1-22-14(20)6-16-15(21)17-7-10-5-11(9-17)12-3-2-4-13(19)18(12)8-10/h2-4,10-11H,5-9H2,1H3,(H,16,21)/t10-,11+/m1/s1. The Labute approximate surface area is 127 Å². The lowest BCUT2D eigenvalue weighted by molar-refractivity contribution is -0.139. The fraction of sp³-hybridized carbons (Fsp3) is 0.533. The minimum atomic E-state index is -0.470. The Morgan fingerprint density at radius 3 is 2.91 bits per heavy atom. The molecule has 1 N–H and O–H groups in total. The molecule has 0 radical (unpaired) electrons. The lowest BCUT2D eigenvalue weighted by atomic mass is 9.83. The number of likely N-dealkylation sites (tertiary alicyclic amines) is 1. The maximum absolute atomic E-state index is 12.2. The van der Waals surface area contributed by atoms with E-state index in [1.807, 2.05) is 10.6 Å². The molecule has 2 amide bonds. The van der Waals surface area contributed by atoms with Gasteiger partial charge in [-0.15, -0.1) is 0 Å². The van der Waals surface area contributed by atoms with Gasteiger partial charge in [-0.25, -0.2) is 4.79 Å². The number of amides is 2. The predicted molar refractivity (Wildman–Crippen MR) is 78.5 cm³/mol. The Balaban J connectivity index is 1.72. The number of carbonyl (C=O) groups excluding carboxylic acids is 2. The van der Waals surface area contributed by atoms with Gasteiger partial charge in [-0.1, -0.05) is 6.07 Å². The SMILES string of the molecule is COC(=O)CNC(=O)N1C[C@H]2C[C@@H](C1)c1cccc(=O)n1C2. The van der Waals surface area contributed by atoms with E-state index in [2.05, 4.69) is 10.1 Å². The number of hydrogen-bond acceptors (Lipinski definition) is 4. The van der Waals surface area contributed by atoms with Crippen molar-refractivity contribution in [1.29, 1.82) is 0 Å². The lowest BCUT2D eigenvalue weighted by Gasteiger charge is -2.42. The van der Waals surface area contributed by atoms with Crippen LogP contribution in [0.2, 0.25) is 0 Å². The van der Waals surface area contributed by atoms with Crippen LogP contribution in [-0.2, 0) is 16.1 Å². The molecule has 2 aliphatic heterocycles. The van der Waals surface area contributed by atoms with Crippen molar-refractivity contribution in [2.45, 2.75) is 18.9 Å². The summed E-state index contributed by atoms with van der Waals surface area (Å²) >= 11 is 0. The van der Waals surface area contributed by atoms with Crippen molar-refractivity contribution in [3.63, 3.8) is 0 Å². The topological polar surface area (TPSA) is 80.6 Å². The van der Waals surface area contributed by atoms with Crippen LogP contribution in [0.3, 0.4) is 0 Å². The van der Waals surface area contributed by atoms with E-state index in [9.17, 15) is 14.4 Å². The van der Waals surface area contributed by atoms with Crippen LogP contribution in [0.15, 0.2) is 23.0 Å². The van der Waals surface area contributed by atoms with Gasteiger partial charge in [0.25, 0.3) is 5.56 Å². The van der Waals surface area contributed by atoms with Gasteiger partial charge < -0.3 is 19.5 Å². The molecule has 118 valence electrons. The van der Waals surface area contributed by atoms with Gasteiger partial charge in [0.05, 0.1) is 7.11 Å². The molecule has 3 heterocycles. The number of hydrogen-bond donors (Lipinski definition) is 1. The molecular weight excluding hydrogens is 286 g/mol. The van der Waals surface area contributed by atoms with Crippen molar-refractivity contribution in [2.75, 3.05) is 26.7 Å². The smallest absolute Gasteiger partial charge is 0.325 e. The number of nitrogens with zero attached hydrogens (tertiary/aromatic N) is 2. The molecular formula is C15H19N3O4. The Morgan fingerprint density at radius 2 is 2.14 bits per heavy atom. The summed E-state index contributed by atoms with van der Waals surface area (Å²) in [6.45, 7) is 1.68. The number of nitrogens with one attached hydrogen (secondary N) is 1. The summed E-state index contributed by atoms with van der Waals surface area (Å²) in [7, 11) is 1.29. The highest BCUT2D eigenvalue weighted by atomic mass is 16.5. The lowest BCUT2D eigenvalue weighted by Crippen LogP contribution is -2.52. The van der Waals surface area contributed by atoms with Crippen LogP contribution in [-0.4, -0.2) is 48.2 Å². The van der Waals surface area contributed by atoms with Crippen LogP contribution >= 0.6 is 0 Å². The molecule has 22 heavy (non-hydrogen) atoms. The highest BCUT2D eigenvalue weighted by Crippen LogP contribution is 2.34. The minimum Gasteiger partial charge on any atom is -0.468 e. The second-order valence-electron chi connectivity index (χ2n) is 5.84. The fourth-order valence-electron chi connectivity index (χ4n) is 3.39. The zero-order valence-electron chi connectivity index (χ0n) is 12.4. The van der Waals surface area contributed by atoms with Crippen LogP contribution in [0.4, 0.5) is 4.79 Å². The molecule has 0 unspecified atom stereocenters. The number of esters is 1. The van der Waals surface area contributed by atoms with E-state index < -0.39 is 5.97 Å². The zero-order chi connectivity index (χ0) is 15.7. The van der Waals surface area contributed by atoms with Gasteiger partial charge in [0.1, 0.15) is 6.54 Å². The van der Waals surface area contributed by atoms with E-state index in [1.165, 1.54) is 7.11 Å². The van der Waals surface area contributed by atoms with Crippen molar-refractivity contribution < 1.29 is 14.3 Å². The molecule has 1 aromatic rings. The maximum Gasteiger partial charge on any atom is 0.325 e. The molecule has 0 aliphatic carbocycles. The van der Waals surface area contributed by atoms with Crippen molar-refractivity contribution in [3.8, 4) is 0 Å². The van der Waals surface area contributed by atoms with Crippen molar-refractivity contribution in [1.82, 2.24) is 14.8 Å². The molecule has 1 fully saturated rings. The molecule has 0 saturated carbocycles. The first-order valence-corrected chi connectivity index (χ1v) is 7.38. The first-order valence-electron chi connectivity index (χ1n) is 7.38. The Kier molecular flexibility index (Phi) is 3.87. The molecule has 2 bridgehead atoms. The summed E-state index contributed by atoms with van der Waals surface area (Å²) in [6.07, 6.45) is 0.990. The van der Waals surface area contributed by atoms with Crippen molar-refractivity contribution in [3.05, 3.63) is 34.2 Å². The monoisotopic (exact) mass is 305 g/mol.